The molecule has 0 aliphatic carbocycles. The second-order valence-electron chi connectivity index (χ2n) is 8.54. The lowest BCUT2D eigenvalue weighted by Crippen LogP contribution is -2.47. The lowest BCUT2D eigenvalue weighted by Gasteiger charge is -2.39. The molecule has 174 valence electrons. The monoisotopic (exact) mass is 448 g/mol. The van der Waals surface area contributed by atoms with Crippen molar-refractivity contribution in [1.82, 2.24) is 25.2 Å². The summed E-state index contributed by atoms with van der Waals surface area (Å²) in [5.41, 5.74) is 4.92. The molecule has 8 nitrogen and oxygen atoms in total. The predicted molar refractivity (Wildman–Crippen MR) is 131 cm³/mol. The Labute approximate surface area is 194 Å². The minimum absolute atomic E-state index is 0.0345. The number of carbonyl (C=O) groups excluding carboxylic acids is 1. The van der Waals surface area contributed by atoms with Gasteiger partial charge in [-0.1, -0.05) is 13.8 Å². The number of nitrogens with zero attached hydrogens (tertiary/aromatic N) is 4. The van der Waals surface area contributed by atoms with Crippen LogP contribution in [0.3, 0.4) is 0 Å². The number of aryl methyl sites for hydroxylation is 1. The summed E-state index contributed by atoms with van der Waals surface area (Å²) in [6, 6.07) is 7.89. The number of aromatic nitrogens is 3. The highest BCUT2D eigenvalue weighted by molar-refractivity contribution is 5.92. The minimum Gasteiger partial charge on any atom is -0.368 e. The first-order valence-corrected chi connectivity index (χ1v) is 11.7. The van der Waals surface area contributed by atoms with Crippen molar-refractivity contribution in [3.05, 3.63) is 63.8 Å². The third-order valence-corrected chi connectivity index (χ3v) is 6.40. The van der Waals surface area contributed by atoms with Crippen molar-refractivity contribution in [1.29, 1.82) is 0 Å². The van der Waals surface area contributed by atoms with E-state index in [1.54, 1.807) is 12.3 Å². The van der Waals surface area contributed by atoms with E-state index >= 15 is 0 Å². The number of piperazine rings is 1. The fourth-order valence-electron chi connectivity index (χ4n) is 4.25. The number of hydrogen-bond acceptors (Lipinski definition) is 6. The Bertz CT molecular complexity index is 1170. The summed E-state index contributed by atoms with van der Waals surface area (Å²) in [4.78, 5) is 40.9. The highest BCUT2D eigenvalue weighted by atomic mass is 16.1. The zero-order valence-electron chi connectivity index (χ0n) is 19.6. The summed E-state index contributed by atoms with van der Waals surface area (Å²) in [5.74, 6) is -0.127. The molecule has 1 saturated heterocycles. The van der Waals surface area contributed by atoms with Crippen LogP contribution < -0.4 is 15.8 Å². The third kappa shape index (κ3) is 5.06. The Morgan fingerprint density at radius 2 is 1.91 bits per heavy atom. The van der Waals surface area contributed by atoms with Gasteiger partial charge in [-0.05, 0) is 49.6 Å². The number of fused-ring (bicyclic) bond motifs is 1. The van der Waals surface area contributed by atoms with Gasteiger partial charge in [0.1, 0.15) is 5.69 Å². The average molecular weight is 449 g/mol. The van der Waals surface area contributed by atoms with Crippen LogP contribution in [0.15, 0.2) is 41.5 Å². The fraction of sp³-hybridized carbons (Fsp3) is 0.440. The van der Waals surface area contributed by atoms with Crippen molar-refractivity contribution in [2.75, 3.05) is 37.6 Å². The normalized spacial score (nSPS) is 15.5. The van der Waals surface area contributed by atoms with Crippen molar-refractivity contribution >= 4 is 22.6 Å². The molecule has 1 aliphatic rings. The molecule has 4 rings (SSSR count). The molecule has 3 aromatic heterocycles. The van der Waals surface area contributed by atoms with E-state index in [2.05, 4.69) is 37.0 Å². The van der Waals surface area contributed by atoms with Crippen LogP contribution in [0.2, 0.25) is 0 Å². The number of nitrogens with one attached hydrogen (secondary N) is 2. The molecule has 1 aliphatic heterocycles. The first-order valence-electron chi connectivity index (χ1n) is 11.7. The summed E-state index contributed by atoms with van der Waals surface area (Å²) in [6.45, 7) is 10.4. The fourth-order valence-corrected chi connectivity index (χ4v) is 4.25. The maximum Gasteiger partial charge on any atom is 0.269 e. The number of anilines is 1. The summed E-state index contributed by atoms with van der Waals surface area (Å²) in [6.07, 6.45) is 5.30. The number of H-pyrrole nitrogens is 1. The molecule has 0 saturated carbocycles. The number of hydrogen-bond donors (Lipinski definition) is 2. The van der Waals surface area contributed by atoms with Gasteiger partial charge in [-0.15, -0.1) is 0 Å². The van der Waals surface area contributed by atoms with E-state index in [-0.39, 0.29) is 17.5 Å². The summed E-state index contributed by atoms with van der Waals surface area (Å²) in [7, 11) is 0. The minimum atomic E-state index is -0.127. The summed E-state index contributed by atoms with van der Waals surface area (Å²) in [5, 5.41) is 2.85. The van der Waals surface area contributed by atoms with E-state index in [4.69, 9.17) is 0 Å². The van der Waals surface area contributed by atoms with Crippen LogP contribution in [0.1, 0.15) is 54.8 Å². The molecule has 1 atom stereocenters. The van der Waals surface area contributed by atoms with Crippen LogP contribution in [0.4, 0.5) is 5.69 Å². The van der Waals surface area contributed by atoms with Gasteiger partial charge in [0.2, 0.25) is 0 Å². The van der Waals surface area contributed by atoms with Gasteiger partial charge in [-0.2, -0.15) is 0 Å². The molecular weight excluding hydrogens is 416 g/mol. The van der Waals surface area contributed by atoms with E-state index in [0.717, 1.165) is 60.4 Å². The molecule has 0 aromatic carbocycles. The van der Waals surface area contributed by atoms with Crippen LogP contribution in [0, 0.1) is 0 Å². The first-order chi connectivity index (χ1) is 16.0. The molecule has 3 aromatic rings. The molecule has 0 spiro atoms. The quantitative estimate of drug-likeness (QED) is 0.577. The van der Waals surface area contributed by atoms with Gasteiger partial charge in [-0.25, -0.2) is 4.98 Å². The van der Waals surface area contributed by atoms with Crippen LogP contribution in [-0.4, -0.2) is 58.5 Å². The molecule has 0 bridgehead atoms. The van der Waals surface area contributed by atoms with Gasteiger partial charge in [0.25, 0.3) is 11.5 Å². The van der Waals surface area contributed by atoms with Crippen molar-refractivity contribution < 1.29 is 4.79 Å². The molecule has 4 heterocycles. The lowest BCUT2D eigenvalue weighted by atomic mass is 10.1. The topological polar surface area (TPSA) is 94.2 Å². The number of pyridine rings is 3. The van der Waals surface area contributed by atoms with E-state index in [0.29, 0.717) is 18.7 Å². The highest BCUT2D eigenvalue weighted by Gasteiger charge is 2.23. The molecule has 1 unspecified atom stereocenters. The van der Waals surface area contributed by atoms with Gasteiger partial charge < -0.3 is 15.2 Å². The van der Waals surface area contributed by atoms with Crippen LogP contribution >= 0.6 is 0 Å². The van der Waals surface area contributed by atoms with Crippen LogP contribution in [-0.2, 0) is 6.42 Å². The molecule has 1 fully saturated rings. The zero-order valence-corrected chi connectivity index (χ0v) is 19.6. The Kier molecular flexibility index (Phi) is 7.03. The van der Waals surface area contributed by atoms with Gasteiger partial charge in [0.15, 0.2) is 0 Å². The summed E-state index contributed by atoms with van der Waals surface area (Å²) >= 11 is 0. The molecule has 2 N–H and O–H groups in total. The van der Waals surface area contributed by atoms with E-state index in [9.17, 15) is 9.59 Å². The van der Waals surface area contributed by atoms with E-state index < -0.39 is 0 Å². The molecule has 8 heteroatoms. The average Bonchev–Trinajstić information content (AvgIpc) is 2.86. The lowest BCUT2D eigenvalue weighted by molar-refractivity contribution is 0.0948. The van der Waals surface area contributed by atoms with Crippen LogP contribution in [0.25, 0.3) is 11.0 Å². The smallest absolute Gasteiger partial charge is 0.269 e. The Hall–Kier alpha value is -3.26. The van der Waals surface area contributed by atoms with E-state index in [1.807, 2.05) is 38.2 Å². The number of rotatable bonds is 7. The van der Waals surface area contributed by atoms with Gasteiger partial charge in [-0.3, -0.25) is 19.5 Å². The van der Waals surface area contributed by atoms with Crippen molar-refractivity contribution in [3.63, 3.8) is 0 Å². The van der Waals surface area contributed by atoms with Crippen molar-refractivity contribution in [3.8, 4) is 0 Å². The maximum absolute atomic E-state index is 12.2. The standard InChI is InChI=1S/C25H32N6O2/c1-4-8-26-25(33)21-7-6-20(16-28-21)31-11-9-30(10-12-31)17(3)19-14-23-22(27-15-19)13-18(5-2)24(32)29-23/h6-7,13-17H,4-5,8-12H2,1-3H3,(H,26,33)(H,29,32). The highest BCUT2D eigenvalue weighted by Crippen LogP contribution is 2.25. The Balaban J connectivity index is 1.39. The molecule has 0 radical (unpaired) electrons. The zero-order chi connectivity index (χ0) is 23.4. The molecule has 1 amide bonds. The van der Waals surface area contributed by atoms with Gasteiger partial charge >= 0.3 is 0 Å². The second kappa shape index (κ2) is 10.1. The number of amides is 1. The Morgan fingerprint density at radius 1 is 1.12 bits per heavy atom. The number of aromatic amines is 1. The number of carbonyl (C=O) groups is 1. The van der Waals surface area contributed by atoms with Crippen LogP contribution in [0.5, 0.6) is 0 Å². The largest absolute Gasteiger partial charge is 0.368 e. The van der Waals surface area contributed by atoms with E-state index in [1.165, 1.54) is 0 Å². The van der Waals surface area contributed by atoms with Crippen molar-refractivity contribution in [2.24, 2.45) is 0 Å². The molecular formula is C25H32N6O2. The predicted octanol–water partition coefficient (Wildman–Crippen LogP) is 2.90. The first kappa shape index (κ1) is 22.9. The van der Waals surface area contributed by atoms with Crippen molar-refractivity contribution in [2.45, 2.75) is 39.7 Å². The second-order valence-corrected chi connectivity index (χ2v) is 8.54. The molecule has 33 heavy (non-hydrogen) atoms. The Morgan fingerprint density at radius 3 is 2.58 bits per heavy atom. The SMILES string of the molecule is CCCNC(=O)c1ccc(N2CCN(C(C)c3cnc4cc(CC)c(=O)[nH]c4c3)CC2)cn1. The van der Waals surface area contributed by atoms with Gasteiger partial charge in [0.05, 0.1) is 22.9 Å². The third-order valence-electron chi connectivity index (χ3n) is 6.40. The van der Waals surface area contributed by atoms with Gasteiger partial charge in [0, 0.05) is 50.5 Å². The summed E-state index contributed by atoms with van der Waals surface area (Å²) < 4.78 is 0. The maximum atomic E-state index is 12.2.